The lowest BCUT2D eigenvalue weighted by Gasteiger charge is -2.33. The largest absolute Gasteiger partial charge is 0.342 e. The van der Waals surface area contributed by atoms with Crippen molar-refractivity contribution in [2.24, 2.45) is 0 Å². The third kappa shape index (κ3) is 4.06. The van der Waals surface area contributed by atoms with Gasteiger partial charge in [0.05, 0.1) is 12.1 Å². The molecule has 0 unspecified atom stereocenters. The third-order valence-electron chi connectivity index (χ3n) is 5.16. The average molecular weight is 376 g/mol. The summed E-state index contributed by atoms with van der Waals surface area (Å²) in [6.07, 6.45) is 9.11. The van der Waals surface area contributed by atoms with Crippen LogP contribution in [0.15, 0.2) is 61.3 Å². The summed E-state index contributed by atoms with van der Waals surface area (Å²) in [5.74, 6) is -0.0606. The zero-order valence-electron chi connectivity index (χ0n) is 15.5. The first-order valence-corrected chi connectivity index (χ1v) is 9.43. The van der Waals surface area contributed by atoms with E-state index in [9.17, 15) is 9.18 Å². The molecule has 4 rings (SSSR count). The van der Waals surface area contributed by atoms with Crippen molar-refractivity contribution in [3.8, 4) is 11.1 Å². The second kappa shape index (κ2) is 8.25. The van der Waals surface area contributed by atoms with E-state index in [2.05, 4.69) is 15.0 Å². The van der Waals surface area contributed by atoms with Crippen molar-refractivity contribution in [3.05, 3.63) is 78.4 Å². The highest BCUT2D eigenvalue weighted by Gasteiger charge is 2.27. The van der Waals surface area contributed by atoms with Gasteiger partial charge in [0.1, 0.15) is 12.1 Å². The predicted octanol–water partition coefficient (Wildman–Crippen LogP) is 3.63. The number of pyridine rings is 1. The van der Waals surface area contributed by atoms with E-state index >= 15 is 0 Å². The van der Waals surface area contributed by atoms with Gasteiger partial charge in [0.25, 0.3) is 0 Å². The number of amides is 1. The summed E-state index contributed by atoms with van der Waals surface area (Å²) in [4.78, 5) is 27.5. The Kier molecular flexibility index (Phi) is 5.37. The number of nitrogens with zero attached hydrogens (tertiary/aromatic N) is 4. The minimum Gasteiger partial charge on any atom is -0.342 e. The van der Waals surface area contributed by atoms with Gasteiger partial charge >= 0.3 is 0 Å². The lowest BCUT2D eigenvalue weighted by atomic mass is 9.90. The van der Waals surface area contributed by atoms with Crippen LogP contribution in [0.4, 0.5) is 4.39 Å². The van der Waals surface area contributed by atoms with Crippen molar-refractivity contribution in [1.82, 2.24) is 19.9 Å². The van der Waals surface area contributed by atoms with Gasteiger partial charge in [0.15, 0.2) is 0 Å². The number of hydrogen-bond donors (Lipinski definition) is 0. The second-order valence-electron chi connectivity index (χ2n) is 7.04. The minimum absolute atomic E-state index is 0.0656. The van der Waals surface area contributed by atoms with Crippen molar-refractivity contribution in [2.75, 3.05) is 13.1 Å². The van der Waals surface area contributed by atoms with Gasteiger partial charge in [0, 0.05) is 43.2 Å². The van der Waals surface area contributed by atoms with E-state index in [1.807, 2.05) is 23.2 Å². The van der Waals surface area contributed by atoms with Crippen molar-refractivity contribution in [2.45, 2.75) is 25.2 Å². The normalized spacial score (nSPS) is 16.8. The first kappa shape index (κ1) is 18.2. The maximum absolute atomic E-state index is 13.1. The smallest absolute Gasteiger partial charge is 0.227 e. The maximum atomic E-state index is 13.1. The number of carbonyl (C=O) groups excluding carboxylic acids is 1. The number of piperidine rings is 1. The Balaban J connectivity index is 1.51. The second-order valence-corrected chi connectivity index (χ2v) is 7.04. The van der Waals surface area contributed by atoms with Gasteiger partial charge in [0.2, 0.25) is 5.91 Å². The summed E-state index contributed by atoms with van der Waals surface area (Å²) in [7, 11) is 0. The summed E-state index contributed by atoms with van der Waals surface area (Å²) < 4.78 is 13.1. The molecule has 142 valence electrons. The number of carbonyl (C=O) groups is 1. The summed E-state index contributed by atoms with van der Waals surface area (Å²) in [5, 5.41) is 0. The lowest BCUT2D eigenvalue weighted by molar-refractivity contribution is -0.131. The molecule has 1 aliphatic heterocycles. The van der Waals surface area contributed by atoms with Crippen LogP contribution >= 0.6 is 0 Å². The molecule has 0 N–H and O–H groups in total. The highest BCUT2D eigenvalue weighted by Crippen LogP contribution is 2.32. The quantitative estimate of drug-likeness (QED) is 0.698. The molecule has 0 aliphatic carbocycles. The Morgan fingerprint density at radius 3 is 2.68 bits per heavy atom. The number of halogens is 1. The molecular weight excluding hydrogens is 355 g/mol. The molecule has 1 fully saturated rings. The van der Waals surface area contributed by atoms with E-state index in [4.69, 9.17) is 0 Å². The fourth-order valence-corrected chi connectivity index (χ4v) is 3.73. The number of likely N-dealkylation sites (tertiary alicyclic amines) is 1. The maximum Gasteiger partial charge on any atom is 0.227 e. The van der Waals surface area contributed by atoms with E-state index in [1.54, 1.807) is 30.9 Å². The van der Waals surface area contributed by atoms with Gasteiger partial charge in [-0.2, -0.15) is 0 Å². The van der Waals surface area contributed by atoms with Crippen LogP contribution in [-0.4, -0.2) is 38.8 Å². The Hall–Kier alpha value is -3.15. The standard InChI is InChI=1S/C22H21FN4O/c23-19-5-3-16(4-6-19)12-21(28)27-11-1-2-18(14-27)22-20(13-25-15-26-22)17-7-9-24-10-8-17/h3-10,13,15,18H,1-2,11-12,14H2/t18-/m1/s1. The highest BCUT2D eigenvalue weighted by atomic mass is 19.1. The predicted molar refractivity (Wildman–Crippen MR) is 104 cm³/mol. The number of benzene rings is 1. The number of rotatable bonds is 4. The summed E-state index contributed by atoms with van der Waals surface area (Å²) in [5.41, 5.74) is 3.82. The monoisotopic (exact) mass is 376 g/mol. The van der Waals surface area contributed by atoms with Crippen molar-refractivity contribution >= 4 is 5.91 Å². The molecule has 0 spiro atoms. The molecule has 3 aromatic rings. The first-order chi connectivity index (χ1) is 13.7. The summed E-state index contributed by atoms with van der Waals surface area (Å²) in [6, 6.07) is 10.0. The molecule has 0 saturated carbocycles. The molecule has 1 atom stereocenters. The molecule has 1 amide bonds. The Morgan fingerprint density at radius 1 is 1.11 bits per heavy atom. The molecule has 5 nitrogen and oxygen atoms in total. The lowest BCUT2D eigenvalue weighted by Crippen LogP contribution is -2.40. The van der Waals surface area contributed by atoms with Crippen LogP contribution in [0.2, 0.25) is 0 Å². The first-order valence-electron chi connectivity index (χ1n) is 9.43. The minimum atomic E-state index is -0.290. The van der Waals surface area contributed by atoms with Gasteiger partial charge in [-0.25, -0.2) is 14.4 Å². The van der Waals surface area contributed by atoms with Crippen LogP contribution < -0.4 is 0 Å². The molecule has 3 heterocycles. The zero-order chi connectivity index (χ0) is 19.3. The zero-order valence-corrected chi connectivity index (χ0v) is 15.5. The van der Waals surface area contributed by atoms with Crippen molar-refractivity contribution in [1.29, 1.82) is 0 Å². The van der Waals surface area contributed by atoms with Gasteiger partial charge < -0.3 is 4.90 Å². The molecule has 0 radical (unpaired) electrons. The van der Waals surface area contributed by atoms with Crippen LogP contribution in [0.1, 0.15) is 30.0 Å². The third-order valence-corrected chi connectivity index (χ3v) is 5.16. The topological polar surface area (TPSA) is 59.0 Å². The van der Waals surface area contributed by atoms with E-state index in [-0.39, 0.29) is 24.1 Å². The van der Waals surface area contributed by atoms with Crippen LogP contribution in [0.5, 0.6) is 0 Å². The number of aromatic nitrogens is 3. The van der Waals surface area contributed by atoms with Crippen molar-refractivity contribution < 1.29 is 9.18 Å². The van der Waals surface area contributed by atoms with Crippen LogP contribution in [0.25, 0.3) is 11.1 Å². The molecule has 28 heavy (non-hydrogen) atoms. The van der Waals surface area contributed by atoms with Crippen LogP contribution in [-0.2, 0) is 11.2 Å². The van der Waals surface area contributed by atoms with E-state index in [0.717, 1.165) is 41.8 Å². The molecule has 6 heteroatoms. The molecule has 1 aromatic carbocycles. The van der Waals surface area contributed by atoms with Gasteiger partial charge in [-0.1, -0.05) is 12.1 Å². The fourth-order valence-electron chi connectivity index (χ4n) is 3.73. The van der Waals surface area contributed by atoms with E-state index in [1.165, 1.54) is 12.1 Å². The molecule has 0 bridgehead atoms. The van der Waals surface area contributed by atoms with Crippen LogP contribution in [0, 0.1) is 5.82 Å². The number of hydrogen-bond acceptors (Lipinski definition) is 4. The molecule has 1 aliphatic rings. The summed E-state index contributed by atoms with van der Waals surface area (Å²) >= 11 is 0. The molecular formula is C22H21FN4O. The van der Waals surface area contributed by atoms with Crippen molar-refractivity contribution in [3.63, 3.8) is 0 Å². The Morgan fingerprint density at radius 2 is 1.89 bits per heavy atom. The van der Waals surface area contributed by atoms with Gasteiger partial charge in [-0.05, 0) is 48.2 Å². The summed E-state index contributed by atoms with van der Waals surface area (Å²) in [6.45, 7) is 1.38. The SMILES string of the molecule is O=C(Cc1ccc(F)cc1)N1CCC[C@@H](c2ncncc2-c2ccncc2)C1. The van der Waals surface area contributed by atoms with Gasteiger partial charge in [-0.15, -0.1) is 0 Å². The molecule has 1 saturated heterocycles. The Bertz CT molecular complexity index is 946. The Labute approximate surface area is 163 Å². The highest BCUT2D eigenvalue weighted by molar-refractivity contribution is 5.79. The average Bonchev–Trinajstić information content (AvgIpc) is 2.76. The molecule has 2 aromatic heterocycles. The fraction of sp³-hybridized carbons (Fsp3) is 0.273. The van der Waals surface area contributed by atoms with E-state index in [0.29, 0.717) is 6.54 Å². The van der Waals surface area contributed by atoms with E-state index < -0.39 is 0 Å². The van der Waals surface area contributed by atoms with Gasteiger partial charge in [-0.3, -0.25) is 9.78 Å². The van der Waals surface area contributed by atoms with Crippen LogP contribution in [0.3, 0.4) is 0 Å².